The zero-order valence-corrected chi connectivity index (χ0v) is 16.3. The minimum Gasteiger partial charge on any atom is -0.496 e. The molecule has 0 amide bonds. The number of hydrogen-bond acceptors (Lipinski definition) is 4. The summed E-state index contributed by atoms with van der Waals surface area (Å²) in [4.78, 5) is 12.4. The second kappa shape index (κ2) is 8.68. The lowest BCUT2D eigenvalue weighted by molar-refractivity contribution is 0.103. The predicted molar refractivity (Wildman–Crippen MR) is 105 cm³/mol. The lowest BCUT2D eigenvalue weighted by Crippen LogP contribution is -2.04. The van der Waals surface area contributed by atoms with E-state index in [1.165, 1.54) is 23.9 Å². The number of hydrogen-bond donors (Lipinski definition) is 0. The van der Waals surface area contributed by atoms with Crippen molar-refractivity contribution < 1.29 is 23.0 Å². The van der Waals surface area contributed by atoms with Crippen LogP contribution in [0.15, 0.2) is 48.5 Å². The summed E-state index contributed by atoms with van der Waals surface area (Å²) in [6.07, 6.45) is 3.13. The van der Waals surface area contributed by atoms with Gasteiger partial charge in [-0.25, -0.2) is 8.78 Å². The van der Waals surface area contributed by atoms with E-state index in [0.717, 1.165) is 23.4 Å². The molecule has 5 nitrogen and oxygen atoms in total. The Morgan fingerprint density at radius 1 is 1.14 bits per heavy atom. The van der Waals surface area contributed by atoms with E-state index in [0.29, 0.717) is 17.0 Å². The monoisotopic (exact) mass is 398 g/mol. The molecule has 0 saturated heterocycles. The first-order valence-electron chi connectivity index (χ1n) is 8.85. The molecular formula is C22H20F2N2O3. The third-order valence-electron chi connectivity index (χ3n) is 4.26. The van der Waals surface area contributed by atoms with Gasteiger partial charge in [-0.3, -0.25) is 9.48 Å². The van der Waals surface area contributed by atoms with Crippen LogP contribution in [0.1, 0.15) is 27.3 Å². The van der Waals surface area contributed by atoms with Crippen LogP contribution in [0.4, 0.5) is 8.78 Å². The Kier molecular flexibility index (Phi) is 6.07. The molecule has 0 aliphatic rings. The summed E-state index contributed by atoms with van der Waals surface area (Å²) in [5.74, 6) is -1.13. The number of allylic oxidation sites excluding steroid dienone is 1. The molecule has 0 N–H and O–H groups in total. The average Bonchev–Trinajstić information content (AvgIpc) is 3.03. The van der Waals surface area contributed by atoms with Gasteiger partial charge in [0.15, 0.2) is 11.6 Å². The number of carbonyl (C=O) groups is 1. The second-order valence-corrected chi connectivity index (χ2v) is 6.43. The van der Waals surface area contributed by atoms with Gasteiger partial charge in [-0.15, -0.1) is 0 Å². The molecule has 7 heteroatoms. The van der Waals surface area contributed by atoms with Crippen molar-refractivity contribution in [3.05, 3.63) is 82.7 Å². The van der Waals surface area contributed by atoms with Gasteiger partial charge in [-0.1, -0.05) is 12.1 Å². The molecule has 0 atom stereocenters. The lowest BCUT2D eigenvalue weighted by Gasteiger charge is -2.12. The highest BCUT2D eigenvalue weighted by molar-refractivity contribution is 6.05. The summed E-state index contributed by atoms with van der Waals surface area (Å²) in [5.41, 5.74) is 2.65. The number of aromatic nitrogens is 2. The number of ether oxygens (including phenoxy) is 2. The number of aryl methyl sites for hydroxylation is 2. The smallest absolute Gasteiger partial charge is 0.203 e. The number of methoxy groups -OCH3 is 1. The van der Waals surface area contributed by atoms with Gasteiger partial charge in [0.1, 0.15) is 23.9 Å². The average molecular weight is 398 g/mol. The van der Waals surface area contributed by atoms with Crippen LogP contribution >= 0.6 is 0 Å². The molecular weight excluding hydrogens is 378 g/mol. The largest absolute Gasteiger partial charge is 0.496 e. The first kappa shape index (κ1) is 20.3. The molecule has 3 aromatic rings. The van der Waals surface area contributed by atoms with Crippen LogP contribution < -0.4 is 9.47 Å². The molecule has 0 aliphatic heterocycles. The first-order chi connectivity index (χ1) is 13.9. The van der Waals surface area contributed by atoms with Crippen LogP contribution in [0.3, 0.4) is 0 Å². The van der Waals surface area contributed by atoms with E-state index in [4.69, 9.17) is 9.47 Å². The third kappa shape index (κ3) is 4.87. The van der Waals surface area contributed by atoms with E-state index >= 15 is 0 Å². The SMILES string of the molecule is COc1ccc(/C=C/C(=O)c2cc(C)nn2C)cc1COc1ccc(F)cc1F. The zero-order valence-electron chi connectivity index (χ0n) is 16.3. The van der Waals surface area contributed by atoms with Crippen molar-refractivity contribution in [3.8, 4) is 11.5 Å². The van der Waals surface area contributed by atoms with E-state index in [1.807, 2.05) is 6.92 Å². The van der Waals surface area contributed by atoms with Crippen LogP contribution in [0.5, 0.6) is 11.5 Å². The molecule has 1 aromatic heterocycles. The van der Waals surface area contributed by atoms with Gasteiger partial charge in [-0.05, 0) is 48.9 Å². The van der Waals surface area contributed by atoms with Crippen molar-refractivity contribution in [2.24, 2.45) is 7.05 Å². The fraction of sp³-hybridized carbons (Fsp3) is 0.182. The number of benzene rings is 2. The molecule has 2 aromatic carbocycles. The summed E-state index contributed by atoms with van der Waals surface area (Å²) < 4.78 is 39.1. The normalized spacial score (nSPS) is 11.1. The molecule has 0 bridgehead atoms. The minimum atomic E-state index is -0.780. The maximum Gasteiger partial charge on any atom is 0.203 e. The number of rotatable bonds is 7. The van der Waals surface area contributed by atoms with Gasteiger partial charge in [0.25, 0.3) is 0 Å². The summed E-state index contributed by atoms with van der Waals surface area (Å²) in [6.45, 7) is 1.84. The third-order valence-corrected chi connectivity index (χ3v) is 4.26. The van der Waals surface area contributed by atoms with Crippen molar-refractivity contribution >= 4 is 11.9 Å². The van der Waals surface area contributed by atoms with Gasteiger partial charge in [0.2, 0.25) is 5.78 Å². The highest BCUT2D eigenvalue weighted by Crippen LogP contribution is 2.24. The van der Waals surface area contributed by atoms with Gasteiger partial charge in [0, 0.05) is 18.7 Å². The number of halogens is 2. The van der Waals surface area contributed by atoms with Crippen molar-refractivity contribution in [1.29, 1.82) is 0 Å². The van der Waals surface area contributed by atoms with E-state index in [9.17, 15) is 13.6 Å². The van der Waals surface area contributed by atoms with Crippen LogP contribution in [0, 0.1) is 18.6 Å². The fourth-order valence-electron chi connectivity index (χ4n) is 2.86. The minimum absolute atomic E-state index is 0.0161. The highest BCUT2D eigenvalue weighted by atomic mass is 19.1. The number of carbonyl (C=O) groups excluding carboxylic acids is 1. The van der Waals surface area contributed by atoms with Gasteiger partial charge in [-0.2, -0.15) is 5.10 Å². The summed E-state index contributed by atoms with van der Waals surface area (Å²) in [6, 6.07) is 10.1. The Balaban J connectivity index is 1.77. The number of nitrogens with zero attached hydrogens (tertiary/aromatic N) is 2. The summed E-state index contributed by atoms with van der Waals surface area (Å²) in [7, 11) is 3.23. The topological polar surface area (TPSA) is 53.3 Å². The van der Waals surface area contributed by atoms with Crippen LogP contribution in [0.2, 0.25) is 0 Å². The van der Waals surface area contributed by atoms with Crippen molar-refractivity contribution in [2.75, 3.05) is 7.11 Å². The molecule has 0 spiro atoms. The summed E-state index contributed by atoms with van der Waals surface area (Å²) in [5, 5.41) is 4.16. The highest BCUT2D eigenvalue weighted by Gasteiger charge is 2.10. The molecule has 0 saturated carbocycles. The van der Waals surface area contributed by atoms with Crippen LogP contribution in [-0.2, 0) is 13.7 Å². The van der Waals surface area contributed by atoms with E-state index in [1.54, 1.807) is 37.4 Å². The predicted octanol–water partition coefficient (Wildman–Crippen LogP) is 4.49. The molecule has 1 heterocycles. The summed E-state index contributed by atoms with van der Waals surface area (Å²) >= 11 is 0. The number of ketones is 1. The van der Waals surface area contributed by atoms with Crippen molar-refractivity contribution in [2.45, 2.75) is 13.5 Å². The van der Waals surface area contributed by atoms with E-state index in [-0.39, 0.29) is 18.1 Å². The molecule has 0 unspecified atom stereocenters. The Morgan fingerprint density at radius 2 is 1.90 bits per heavy atom. The standard InChI is InChI=1S/C22H20F2N2O3/c1-14-10-19(26(2)25-14)20(27)7-4-15-5-8-21(28-3)16(11-15)13-29-22-9-6-17(23)12-18(22)24/h4-12H,13H2,1-3H3/b7-4+. The van der Waals surface area contributed by atoms with E-state index in [2.05, 4.69) is 5.10 Å². The second-order valence-electron chi connectivity index (χ2n) is 6.43. The quantitative estimate of drug-likeness (QED) is 0.435. The Morgan fingerprint density at radius 3 is 2.55 bits per heavy atom. The molecule has 29 heavy (non-hydrogen) atoms. The van der Waals surface area contributed by atoms with Gasteiger partial charge in [0.05, 0.1) is 12.8 Å². The van der Waals surface area contributed by atoms with Gasteiger partial charge >= 0.3 is 0 Å². The molecule has 150 valence electrons. The van der Waals surface area contributed by atoms with Crippen molar-refractivity contribution in [1.82, 2.24) is 9.78 Å². The Bertz CT molecular complexity index is 1070. The lowest BCUT2D eigenvalue weighted by atomic mass is 10.1. The molecule has 0 aliphatic carbocycles. The Hall–Kier alpha value is -3.48. The Labute approximate surface area is 167 Å². The fourth-order valence-corrected chi connectivity index (χ4v) is 2.86. The van der Waals surface area contributed by atoms with Crippen LogP contribution in [0.25, 0.3) is 6.08 Å². The van der Waals surface area contributed by atoms with E-state index < -0.39 is 11.6 Å². The maximum absolute atomic E-state index is 13.8. The van der Waals surface area contributed by atoms with Crippen molar-refractivity contribution in [3.63, 3.8) is 0 Å². The van der Waals surface area contributed by atoms with Crippen LogP contribution in [-0.4, -0.2) is 22.7 Å². The maximum atomic E-state index is 13.8. The zero-order chi connectivity index (χ0) is 21.0. The first-order valence-corrected chi connectivity index (χ1v) is 8.85. The molecule has 0 radical (unpaired) electrons. The molecule has 3 rings (SSSR count). The van der Waals surface area contributed by atoms with Gasteiger partial charge < -0.3 is 9.47 Å². The molecule has 0 fully saturated rings.